The van der Waals surface area contributed by atoms with E-state index in [0.29, 0.717) is 28.0 Å². The van der Waals surface area contributed by atoms with Gasteiger partial charge in [-0.15, -0.1) is 11.3 Å². The topological polar surface area (TPSA) is 104 Å². The summed E-state index contributed by atoms with van der Waals surface area (Å²) in [7, 11) is 1.61. The minimum absolute atomic E-state index is 0.107. The lowest BCUT2D eigenvalue weighted by Gasteiger charge is -2.14. The van der Waals surface area contributed by atoms with E-state index in [9.17, 15) is 9.59 Å². The van der Waals surface area contributed by atoms with Crippen LogP contribution < -0.4 is 15.6 Å². The van der Waals surface area contributed by atoms with Crippen LogP contribution in [0.1, 0.15) is 50.6 Å². The van der Waals surface area contributed by atoms with Crippen molar-refractivity contribution in [2.45, 2.75) is 39.5 Å². The third-order valence-electron chi connectivity index (χ3n) is 9.11. The molecule has 0 aliphatic heterocycles. The maximum atomic E-state index is 13.9. The maximum Gasteiger partial charge on any atom is 0.282 e. The highest BCUT2D eigenvalue weighted by Crippen LogP contribution is 2.39. The lowest BCUT2D eigenvalue weighted by molar-refractivity contribution is 0.102. The lowest BCUT2D eigenvalue weighted by Crippen LogP contribution is -2.20. The number of carbonyl (C=O) groups excluding carboxylic acids is 1. The molecule has 9 nitrogen and oxygen atoms in total. The molecule has 0 fully saturated rings. The van der Waals surface area contributed by atoms with Gasteiger partial charge in [-0.05, 0) is 93.6 Å². The van der Waals surface area contributed by atoms with Gasteiger partial charge in [-0.25, -0.2) is 4.98 Å². The summed E-state index contributed by atoms with van der Waals surface area (Å²) in [6, 6.07) is 26.2. The van der Waals surface area contributed by atoms with Gasteiger partial charge in [-0.3, -0.25) is 9.59 Å². The number of rotatable bonds is 7. The summed E-state index contributed by atoms with van der Waals surface area (Å²) in [5, 5.41) is 9.98. The molecule has 0 spiro atoms. The molecule has 0 unspecified atom stereocenters. The molecular weight excluding hydrogens is 635 g/mol. The molecule has 244 valence electrons. The number of ether oxygens (including phenoxy) is 1. The van der Waals surface area contributed by atoms with Crippen molar-refractivity contribution in [3.05, 3.63) is 128 Å². The molecule has 49 heavy (non-hydrogen) atoms. The molecule has 1 N–H and O–H groups in total. The Balaban J connectivity index is 1.24. The minimum Gasteiger partial charge on any atom is -0.496 e. The van der Waals surface area contributed by atoms with Gasteiger partial charge in [-0.2, -0.15) is 9.78 Å². The first-order chi connectivity index (χ1) is 23.9. The normalized spacial score (nSPS) is 13.0. The van der Waals surface area contributed by atoms with Crippen molar-refractivity contribution in [1.82, 2.24) is 14.2 Å². The zero-order valence-electron chi connectivity index (χ0n) is 27.3. The summed E-state index contributed by atoms with van der Waals surface area (Å²) in [6.07, 6.45) is 5.70. The number of amides is 1. The Hall–Kier alpha value is -5.74. The zero-order valence-corrected chi connectivity index (χ0v) is 28.1. The molecule has 0 radical (unpaired) electrons. The number of hydrogen-bond donors (Lipinski definition) is 1. The van der Waals surface area contributed by atoms with E-state index in [4.69, 9.17) is 19.2 Å². The Bertz CT molecular complexity index is 2480. The predicted octanol–water partition coefficient (Wildman–Crippen LogP) is 8.30. The molecule has 0 bridgehead atoms. The second kappa shape index (κ2) is 12.4. The van der Waals surface area contributed by atoms with Crippen molar-refractivity contribution in [3.8, 4) is 22.3 Å². The number of furan rings is 1. The molecular formula is C39H33N5O4S. The van der Waals surface area contributed by atoms with E-state index in [-0.39, 0.29) is 17.3 Å². The summed E-state index contributed by atoms with van der Waals surface area (Å²) in [6.45, 7) is 4.04. The van der Waals surface area contributed by atoms with Crippen molar-refractivity contribution in [2.75, 3.05) is 12.4 Å². The average Bonchev–Trinajstić information content (AvgIpc) is 3.80. The van der Waals surface area contributed by atoms with Crippen LogP contribution in [0.3, 0.4) is 0 Å². The first kappa shape index (κ1) is 30.6. The number of fused-ring (bicyclic) bond motifs is 3. The lowest BCUT2D eigenvalue weighted by atomic mass is 9.95. The quantitative estimate of drug-likeness (QED) is 0.172. The van der Waals surface area contributed by atoms with E-state index in [0.717, 1.165) is 69.8 Å². The summed E-state index contributed by atoms with van der Waals surface area (Å²) < 4.78 is 15.2. The number of aromatic nitrogens is 3. The fourth-order valence-electron chi connectivity index (χ4n) is 6.72. The highest BCUT2D eigenvalue weighted by atomic mass is 32.1. The number of carbonyl (C=O) groups is 1. The molecule has 0 saturated carbocycles. The van der Waals surface area contributed by atoms with Gasteiger partial charge in [0.1, 0.15) is 16.3 Å². The average molecular weight is 668 g/mol. The molecule has 1 aliphatic carbocycles. The molecule has 0 saturated heterocycles. The first-order valence-electron chi connectivity index (χ1n) is 16.2. The van der Waals surface area contributed by atoms with Crippen molar-refractivity contribution in [2.24, 2.45) is 5.10 Å². The molecule has 0 atom stereocenters. The number of hydrogen-bond acceptors (Lipinski definition) is 7. The predicted molar refractivity (Wildman–Crippen MR) is 195 cm³/mol. The number of benzene rings is 3. The fourth-order valence-corrected chi connectivity index (χ4v) is 8.22. The van der Waals surface area contributed by atoms with E-state index in [1.165, 1.54) is 9.55 Å². The third kappa shape index (κ3) is 5.34. The summed E-state index contributed by atoms with van der Waals surface area (Å²) in [5.74, 6) is 1.22. The Morgan fingerprint density at radius 2 is 1.78 bits per heavy atom. The van der Waals surface area contributed by atoms with Crippen molar-refractivity contribution in [3.63, 3.8) is 0 Å². The van der Waals surface area contributed by atoms with E-state index in [1.807, 2.05) is 86.6 Å². The van der Waals surface area contributed by atoms with E-state index in [2.05, 4.69) is 9.88 Å². The number of thiophene rings is 1. The molecule has 1 amide bonds. The van der Waals surface area contributed by atoms with Gasteiger partial charge in [0.25, 0.3) is 11.5 Å². The Labute approximate surface area is 286 Å². The highest BCUT2D eigenvalue weighted by Gasteiger charge is 2.28. The second-order valence-corrected chi connectivity index (χ2v) is 13.3. The second-order valence-electron chi connectivity index (χ2n) is 12.2. The monoisotopic (exact) mass is 667 g/mol. The molecule has 4 aromatic heterocycles. The van der Waals surface area contributed by atoms with Crippen LogP contribution in [0.4, 0.5) is 5.69 Å². The summed E-state index contributed by atoms with van der Waals surface area (Å²) in [4.78, 5) is 33.9. The van der Waals surface area contributed by atoms with Crippen LogP contribution in [-0.2, 0) is 12.8 Å². The van der Waals surface area contributed by atoms with Crippen molar-refractivity contribution < 1.29 is 13.9 Å². The Kier molecular flexibility index (Phi) is 7.72. The van der Waals surface area contributed by atoms with Crippen LogP contribution in [-0.4, -0.2) is 33.5 Å². The maximum absolute atomic E-state index is 13.9. The van der Waals surface area contributed by atoms with Gasteiger partial charge >= 0.3 is 0 Å². The smallest absolute Gasteiger partial charge is 0.282 e. The van der Waals surface area contributed by atoms with E-state index >= 15 is 0 Å². The van der Waals surface area contributed by atoms with E-state index in [1.54, 1.807) is 36.8 Å². The number of aryl methyl sites for hydroxylation is 2. The molecule has 8 rings (SSSR count). The molecule has 7 aromatic rings. The van der Waals surface area contributed by atoms with E-state index < -0.39 is 0 Å². The van der Waals surface area contributed by atoms with Gasteiger partial charge < -0.3 is 19.0 Å². The number of nitrogens with one attached hydrogen (secondary N) is 1. The number of nitrogens with zero attached hydrogens (tertiary/aromatic N) is 4. The summed E-state index contributed by atoms with van der Waals surface area (Å²) in [5.41, 5.74) is 6.15. The minimum atomic E-state index is -0.316. The SMILES string of the molecule is COc1cccc2oc(-c3nc4ccccc4c(=O)n3N=Cc3cc(C)n(-c4sc5c(c4C(=O)Nc4ccccc4)CCCC5)c3C)cc12. The third-order valence-corrected chi connectivity index (χ3v) is 10.4. The Morgan fingerprint density at radius 3 is 2.61 bits per heavy atom. The van der Waals surface area contributed by atoms with Crippen molar-refractivity contribution in [1.29, 1.82) is 0 Å². The van der Waals surface area contributed by atoms with Gasteiger partial charge in [0, 0.05) is 27.5 Å². The van der Waals surface area contributed by atoms with Gasteiger partial charge in [0.2, 0.25) is 5.82 Å². The number of methoxy groups -OCH3 is 1. The van der Waals surface area contributed by atoms with Crippen molar-refractivity contribution >= 4 is 51.0 Å². The Morgan fingerprint density at radius 1 is 0.980 bits per heavy atom. The van der Waals surface area contributed by atoms with Crippen LogP contribution >= 0.6 is 11.3 Å². The number of anilines is 1. The largest absolute Gasteiger partial charge is 0.496 e. The van der Waals surface area contributed by atoms with Gasteiger partial charge in [0.05, 0.1) is 35.2 Å². The molecule has 1 aliphatic rings. The van der Waals surface area contributed by atoms with Crippen LogP contribution in [0.15, 0.2) is 99.2 Å². The van der Waals surface area contributed by atoms with Crippen LogP contribution in [0, 0.1) is 13.8 Å². The fraction of sp³-hybridized carbons (Fsp3) is 0.179. The first-order valence-corrected chi connectivity index (χ1v) is 17.1. The summed E-state index contributed by atoms with van der Waals surface area (Å²) >= 11 is 1.69. The molecule has 3 aromatic carbocycles. The highest BCUT2D eigenvalue weighted by molar-refractivity contribution is 7.15. The van der Waals surface area contributed by atoms with Crippen LogP contribution in [0.5, 0.6) is 5.75 Å². The standard InChI is InChI=1S/C39H33N5O4S/c1-23-20-25(24(2)43(23)39-35(28-15-8-10-19-34(28)49-39)37(45)41-26-12-5-4-6-13-26)22-40-44-36(42-30-16-9-7-14-27(30)38(44)46)33-21-29-31(47-3)17-11-18-32(29)48-33/h4-7,9,11-14,16-18,20-22H,8,10,15,19H2,1-3H3,(H,41,45). The van der Waals surface area contributed by atoms with Gasteiger partial charge in [-0.1, -0.05) is 36.4 Å². The van der Waals surface area contributed by atoms with Crippen LogP contribution in [0.2, 0.25) is 0 Å². The van der Waals surface area contributed by atoms with Gasteiger partial charge in [0.15, 0.2) is 5.76 Å². The number of para-hydroxylation sites is 2. The molecule has 4 heterocycles. The zero-order chi connectivity index (χ0) is 33.6. The van der Waals surface area contributed by atoms with Crippen LogP contribution in [0.25, 0.3) is 38.5 Å². The molecule has 10 heteroatoms.